The highest BCUT2D eigenvalue weighted by Crippen LogP contribution is 2.27. The number of hydrogen-bond acceptors (Lipinski definition) is 4. The van der Waals surface area contributed by atoms with Crippen molar-refractivity contribution >= 4 is 0 Å². The summed E-state index contributed by atoms with van der Waals surface area (Å²) in [6, 6.07) is 5.64. The van der Waals surface area contributed by atoms with E-state index in [4.69, 9.17) is 4.74 Å². The topological polar surface area (TPSA) is 35.9 Å². The Labute approximate surface area is 129 Å². The Bertz CT molecular complexity index is 419. The summed E-state index contributed by atoms with van der Waals surface area (Å²) in [4.78, 5) is 4.66. The van der Waals surface area contributed by atoms with Crippen LogP contribution in [-0.4, -0.2) is 55.2 Å². The van der Waals surface area contributed by atoms with E-state index in [2.05, 4.69) is 37.7 Å². The lowest BCUT2D eigenvalue weighted by molar-refractivity contribution is 0.211. The standard InChI is InChI=1S/C17H30N2O2/c1-6-21-17-11-15(7-8-16(17)20)13-19(12-14(2)3)10-9-18(4)5/h7-8,11,14,20H,6,9-10,12-13H2,1-5H3. The maximum atomic E-state index is 9.78. The quantitative estimate of drug-likeness (QED) is 0.760. The molecule has 120 valence electrons. The molecule has 0 radical (unpaired) electrons. The van der Waals surface area contributed by atoms with E-state index in [1.54, 1.807) is 6.07 Å². The molecule has 1 rings (SSSR count). The second-order valence-electron chi connectivity index (χ2n) is 6.17. The van der Waals surface area contributed by atoms with Gasteiger partial charge in [0.05, 0.1) is 6.61 Å². The smallest absolute Gasteiger partial charge is 0.161 e. The summed E-state index contributed by atoms with van der Waals surface area (Å²) in [6.45, 7) is 11.0. The molecule has 1 aromatic carbocycles. The molecule has 0 saturated heterocycles. The molecule has 0 saturated carbocycles. The number of phenolic OH excluding ortho intramolecular Hbond substituents is 1. The van der Waals surface area contributed by atoms with Crippen molar-refractivity contribution in [3.8, 4) is 11.5 Å². The fraction of sp³-hybridized carbons (Fsp3) is 0.647. The van der Waals surface area contributed by atoms with Crippen molar-refractivity contribution in [2.75, 3.05) is 40.3 Å². The molecule has 4 nitrogen and oxygen atoms in total. The minimum absolute atomic E-state index is 0.212. The molecule has 21 heavy (non-hydrogen) atoms. The first-order valence-electron chi connectivity index (χ1n) is 7.74. The molecule has 0 spiro atoms. The summed E-state index contributed by atoms with van der Waals surface area (Å²) < 4.78 is 5.46. The van der Waals surface area contributed by atoms with Gasteiger partial charge in [-0.3, -0.25) is 4.90 Å². The number of aromatic hydroxyl groups is 1. The first-order valence-corrected chi connectivity index (χ1v) is 7.74. The van der Waals surface area contributed by atoms with Crippen molar-refractivity contribution in [3.63, 3.8) is 0 Å². The number of ether oxygens (including phenoxy) is 1. The second-order valence-corrected chi connectivity index (χ2v) is 6.17. The van der Waals surface area contributed by atoms with Gasteiger partial charge in [-0.25, -0.2) is 0 Å². The molecule has 0 atom stereocenters. The van der Waals surface area contributed by atoms with Gasteiger partial charge in [0, 0.05) is 26.2 Å². The van der Waals surface area contributed by atoms with E-state index in [-0.39, 0.29) is 5.75 Å². The third-order valence-electron chi connectivity index (χ3n) is 3.22. The number of likely N-dealkylation sites (N-methyl/N-ethyl adjacent to an activating group) is 1. The van der Waals surface area contributed by atoms with Crippen LogP contribution in [0.4, 0.5) is 0 Å². The van der Waals surface area contributed by atoms with Crippen LogP contribution in [0.1, 0.15) is 26.3 Å². The normalized spacial score (nSPS) is 11.6. The third kappa shape index (κ3) is 6.82. The van der Waals surface area contributed by atoms with Gasteiger partial charge in [0.25, 0.3) is 0 Å². The highest BCUT2D eigenvalue weighted by molar-refractivity contribution is 5.41. The SMILES string of the molecule is CCOc1cc(CN(CCN(C)C)CC(C)C)ccc1O. The Morgan fingerprint density at radius 2 is 1.90 bits per heavy atom. The van der Waals surface area contributed by atoms with Crippen LogP contribution in [0.5, 0.6) is 11.5 Å². The fourth-order valence-corrected chi connectivity index (χ4v) is 2.28. The average molecular weight is 294 g/mol. The molecule has 4 heteroatoms. The van der Waals surface area contributed by atoms with Crippen LogP contribution in [0.25, 0.3) is 0 Å². The predicted octanol–water partition coefficient (Wildman–Crippen LogP) is 2.81. The maximum absolute atomic E-state index is 9.78. The highest BCUT2D eigenvalue weighted by Gasteiger charge is 2.11. The van der Waals surface area contributed by atoms with Gasteiger partial charge in [-0.15, -0.1) is 0 Å². The lowest BCUT2D eigenvalue weighted by Gasteiger charge is -2.26. The van der Waals surface area contributed by atoms with E-state index < -0.39 is 0 Å². The number of phenols is 1. The summed E-state index contributed by atoms with van der Waals surface area (Å²) in [7, 11) is 4.20. The molecule has 0 aliphatic heterocycles. The highest BCUT2D eigenvalue weighted by atomic mass is 16.5. The van der Waals surface area contributed by atoms with Crippen molar-refractivity contribution in [2.45, 2.75) is 27.3 Å². The van der Waals surface area contributed by atoms with Gasteiger partial charge < -0.3 is 14.7 Å². The van der Waals surface area contributed by atoms with Gasteiger partial charge in [0.2, 0.25) is 0 Å². The Balaban J connectivity index is 2.74. The molecular weight excluding hydrogens is 264 g/mol. The van der Waals surface area contributed by atoms with Crippen molar-refractivity contribution in [1.82, 2.24) is 9.80 Å². The van der Waals surface area contributed by atoms with Crippen molar-refractivity contribution in [3.05, 3.63) is 23.8 Å². The van der Waals surface area contributed by atoms with E-state index >= 15 is 0 Å². The summed E-state index contributed by atoms with van der Waals surface area (Å²) in [6.07, 6.45) is 0. The molecule has 0 aliphatic rings. The first kappa shape index (κ1) is 17.8. The van der Waals surface area contributed by atoms with Crippen molar-refractivity contribution in [1.29, 1.82) is 0 Å². The Morgan fingerprint density at radius 1 is 1.19 bits per heavy atom. The van der Waals surface area contributed by atoms with Crippen LogP contribution in [0.3, 0.4) is 0 Å². The number of nitrogens with zero attached hydrogens (tertiary/aromatic N) is 2. The number of benzene rings is 1. The molecule has 0 amide bonds. The molecule has 0 bridgehead atoms. The molecule has 1 aromatic rings. The van der Waals surface area contributed by atoms with Crippen molar-refractivity contribution in [2.24, 2.45) is 5.92 Å². The molecule has 0 aliphatic carbocycles. The monoisotopic (exact) mass is 294 g/mol. The van der Waals surface area contributed by atoms with Gasteiger partial charge >= 0.3 is 0 Å². The van der Waals surface area contributed by atoms with Crippen LogP contribution in [-0.2, 0) is 6.54 Å². The van der Waals surface area contributed by atoms with Gasteiger partial charge in [-0.2, -0.15) is 0 Å². The Morgan fingerprint density at radius 3 is 2.48 bits per heavy atom. The van der Waals surface area contributed by atoms with Crippen LogP contribution < -0.4 is 4.74 Å². The van der Waals surface area contributed by atoms with Crippen LogP contribution >= 0.6 is 0 Å². The molecular formula is C17H30N2O2. The molecule has 1 N–H and O–H groups in total. The van der Waals surface area contributed by atoms with E-state index in [1.807, 2.05) is 19.1 Å². The zero-order valence-electron chi connectivity index (χ0n) is 14.1. The minimum atomic E-state index is 0.212. The van der Waals surface area contributed by atoms with Crippen LogP contribution in [0.2, 0.25) is 0 Å². The zero-order valence-corrected chi connectivity index (χ0v) is 14.1. The lowest BCUT2D eigenvalue weighted by atomic mass is 10.1. The average Bonchev–Trinajstić information content (AvgIpc) is 2.39. The van der Waals surface area contributed by atoms with Crippen LogP contribution in [0, 0.1) is 5.92 Å². The van der Waals surface area contributed by atoms with E-state index in [0.717, 1.165) is 26.2 Å². The summed E-state index contributed by atoms with van der Waals surface area (Å²) in [5, 5.41) is 9.78. The Hall–Kier alpha value is -1.26. The predicted molar refractivity (Wildman–Crippen MR) is 87.9 cm³/mol. The Kier molecular flexibility index (Phi) is 7.54. The molecule has 0 aromatic heterocycles. The minimum Gasteiger partial charge on any atom is -0.504 e. The summed E-state index contributed by atoms with van der Waals surface area (Å²) in [5.41, 5.74) is 1.18. The van der Waals surface area contributed by atoms with Crippen molar-refractivity contribution < 1.29 is 9.84 Å². The van der Waals surface area contributed by atoms with E-state index in [1.165, 1.54) is 5.56 Å². The first-order chi connectivity index (χ1) is 9.92. The maximum Gasteiger partial charge on any atom is 0.161 e. The van der Waals surface area contributed by atoms with Crippen LogP contribution in [0.15, 0.2) is 18.2 Å². The molecule has 0 fully saturated rings. The fourth-order valence-electron chi connectivity index (χ4n) is 2.28. The van der Waals surface area contributed by atoms with Gasteiger partial charge in [-0.1, -0.05) is 19.9 Å². The molecule has 0 unspecified atom stereocenters. The van der Waals surface area contributed by atoms with Gasteiger partial charge in [0.1, 0.15) is 0 Å². The van der Waals surface area contributed by atoms with Gasteiger partial charge in [0.15, 0.2) is 11.5 Å². The van der Waals surface area contributed by atoms with Gasteiger partial charge in [-0.05, 0) is 44.6 Å². The summed E-state index contributed by atoms with van der Waals surface area (Å²) >= 11 is 0. The molecule has 0 heterocycles. The number of rotatable bonds is 9. The third-order valence-corrected chi connectivity index (χ3v) is 3.22. The lowest BCUT2D eigenvalue weighted by Crippen LogP contribution is -2.34. The van der Waals surface area contributed by atoms with E-state index in [0.29, 0.717) is 18.3 Å². The number of hydrogen-bond donors (Lipinski definition) is 1. The largest absolute Gasteiger partial charge is 0.504 e. The zero-order chi connectivity index (χ0) is 15.8. The van der Waals surface area contributed by atoms with E-state index in [9.17, 15) is 5.11 Å². The summed E-state index contributed by atoms with van der Waals surface area (Å²) in [5.74, 6) is 1.42. The second kappa shape index (κ2) is 8.90.